The van der Waals surface area contributed by atoms with Gasteiger partial charge in [0, 0.05) is 48.2 Å². The number of hydrogen-bond donors (Lipinski definition) is 2. The molecule has 1 amide bonds. The molecule has 1 aromatic heterocycles. The lowest BCUT2D eigenvalue weighted by Gasteiger charge is -2.59. The molecule has 8 nitrogen and oxygen atoms in total. The first-order valence-corrected chi connectivity index (χ1v) is 13.5. The lowest BCUT2D eigenvalue weighted by molar-refractivity contribution is -0.131. The summed E-state index contributed by atoms with van der Waals surface area (Å²) in [6, 6.07) is 6.01. The van der Waals surface area contributed by atoms with Gasteiger partial charge in [-0.25, -0.2) is 9.37 Å². The fourth-order valence-corrected chi connectivity index (χ4v) is 7.15. The number of anilines is 1. The Bertz CT molecular complexity index is 1500. The average molecular weight is 559 g/mol. The average Bonchev–Trinajstić information content (AvgIpc) is 2.80. The highest BCUT2D eigenvalue weighted by Gasteiger charge is 2.50. The molecule has 4 heterocycles. The van der Waals surface area contributed by atoms with Crippen molar-refractivity contribution in [2.24, 2.45) is 5.41 Å². The molecule has 2 N–H and O–H groups in total. The lowest BCUT2D eigenvalue weighted by atomic mass is 9.73. The monoisotopic (exact) mass is 558 g/mol. The Morgan fingerprint density at radius 1 is 1.21 bits per heavy atom. The fourth-order valence-electron chi connectivity index (χ4n) is 6.46. The summed E-state index contributed by atoms with van der Waals surface area (Å²) in [4.78, 5) is 39.5. The van der Waals surface area contributed by atoms with E-state index >= 15 is 0 Å². The van der Waals surface area contributed by atoms with Crippen molar-refractivity contribution in [2.75, 3.05) is 51.6 Å². The number of nitrogens with zero attached hydrogens (tertiary/aromatic N) is 4. The standard InChI is InChI=1S/C27H29Cl2FN6O2/c1-15-25-16(5-17(28)6-19(25)29)3-4-36(15)24(37)9-31-22-8-21-18(7-20(22)30)26(38)33-23(32-21)10-35-13-27(14-35)11-34(2)12-27/h5-8,15,31H,3-4,9-14H2,1-2H3,(H,32,33,38). The molecule has 3 aliphatic rings. The quantitative estimate of drug-likeness (QED) is 0.497. The molecule has 11 heteroatoms. The number of amides is 1. The molecule has 2 aromatic carbocycles. The van der Waals surface area contributed by atoms with Crippen molar-refractivity contribution in [1.82, 2.24) is 24.7 Å². The first-order chi connectivity index (χ1) is 18.1. The zero-order valence-corrected chi connectivity index (χ0v) is 22.8. The van der Waals surface area contributed by atoms with E-state index in [0.717, 1.165) is 37.3 Å². The Labute approximate surface area is 229 Å². The molecule has 2 fully saturated rings. The van der Waals surface area contributed by atoms with E-state index in [1.165, 1.54) is 12.1 Å². The van der Waals surface area contributed by atoms with Crippen LogP contribution in [0.4, 0.5) is 10.1 Å². The normalized spacial score (nSPS) is 20.8. The van der Waals surface area contributed by atoms with E-state index in [1.54, 1.807) is 11.0 Å². The molecule has 3 aromatic rings. The van der Waals surface area contributed by atoms with Crippen molar-refractivity contribution in [2.45, 2.75) is 25.9 Å². The second-order valence-electron chi connectivity index (χ2n) is 11.0. The Kier molecular flexibility index (Phi) is 6.38. The number of H-pyrrole nitrogens is 1. The number of aromatic amines is 1. The third-order valence-corrected chi connectivity index (χ3v) is 8.51. The summed E-state index contributed by atoms with van der Waals surface area (Å²) in [5, 5.41) is 4.20. The van der Waals surface area contributed by atoms with E-state index in [-0.39, 0.29) is 35.1 Å². The van der Waals surface area contributed by atoms with E-state index in [1.807, 2.05) is 13.0 Å². The van der Waals surface area contributed by atoms with Gasteiger partial charge in [-0.05, 0) is 55.8 Å². The number of nitrogens with one attached hydrogen (secondary N) is 2. The van der Waals surface area contributed by atoms with E-state index in [0.29, 0.717) is 46.3 Å². The van der Waals surface area contributed by atoms with Crippen LogP contribution in [0.1, 0.15) is 29.9 Å². The van der Waals surface area contributed by atoms with E-state index in [2.05, 4.69) is 32.1 Å². The lowest BCUT2D eigenvalue weighted by Crippen LogP contribution is -2.70. The highest BCUT2D eigenvalue weighted by molar-refractivity contribution is 6.35. The number of halogens is 3. The molecule has 6 rings (SSSR count). The zero-order valence-electron chi connectivity index (χ0n) is 21.3. The van der Waals surface area contributed by atoms with E-state index < -0.39 is 5.82 Å². The van der Waals surface area contributed by atoms with Gasteiger partial charge in [-0.15, -0.1) is 0 Å². The van der Waals surface area contributed by atoms with Gasteiger partial charge >= 0.3 is 0 Å². The van der Waals surface area contributed by atoms with Crippen LogP contribution in [0.2, 0.25) is 10.0 Å². The van der Waals surface area contributed by atoms with Crippen LogP contribution in [-0.4, -0.2) is 76.9 Å². The molecule has 38 heavy (non-hydrogen) atoms. The van der Waals surface area contributed by atoms with Crippen molar-refractivity contribution in [1.29, 1.82) is 0 Å². The second kappa shape index (κ2) is 9.48. The van der Waals surface area contributed by atoms with Crippen LogP contribution in [0.5, 0.6) is 0 Å². The second-order valence-corrected chi connectivity index (χ2v) is 11.8. The van der Waals surface area contributed by atoms with Crippen LogP contribution in [0, 0.1) is 11.2 Å². The Balaban J connectivity index is 1.15. The number of hydrogen-bond acceptors (Lipinski definition) is 6. The number of likely N-dealkylation sites (tertiary alicyclic amines) is 2. The van der Waals surface area contributed by atoms with Gasteiger partial charge in [0.2, 0.25) is 5.91 Å². The number of fused-ring (bicyclic) bond motifs is 2. The first-order valence-electron chi connectivity index (χ1n) is 12.8. The van der Waals surface area contributed by atoms with E-state index in [9.17, 15) is 14.0 Å². The van der Waals surface area contributed by atoms with Crippen molar-refractivity contribution >= 4 is 45.7 Å². The SMILES string of the molecule is CC1c2c(Cl)cc(Cl)cc2CCN1C(=O)CNc1cc2nc(CN3CC4(CN(C)C4)C3)[nH]c(=O)c2cc1F. The molecule has 200 valence electrons. The smallest absolute Gasteiger partial charge is 0.258 e. The summed E-state index contributed by atoms with van der Waals surface area (Å²) in [5.41, 5.74) is 2.45. The molecule has 0 bridgehead atoms. The molecule has 0 aliphatic carbocycles. The van der Waals surface area contributed by atoms with Crippen LogP contribution < -0.4 is 10.9 Å². The minimum atomic E-state index is -0.612. The number of carbonyl (C=O) groups is 1. The molecule has 1 unspecified atom stereocenters. The maximum Gasteiger partial charge on any atom is 0.258 e. The number of aromatic nitrogens is 2. The predicted molar refractivity (Wildman–Crippen MR) is 146 cm³/mol. The van der Waals surface area contributed by atoms with Gasteiger partial charge in [0.05, 0.1) is 35.7 Å². The molecule has 3 aliphatic heterocycles. The molecule has 0 radical (unpaired) electrons. The fraction of sp³-hybridized carbons (Fsp3) is 0.444. The maximum absolute atomic E-state index is 14.9. The molecule has 1 spiro atoms. The molecule has 1 atom stereocenters. The zero-order chi connectivity index (χ0) is 26.8. The van der Waals surface area contributed by atoms with Gasteiger partial charge < -0.3 is 20.1 Å². The Hall–Kier alpha value is -2.72. The largest absolute Gasteiger partial charge is 0.374 e. The number of benzene rings is 2. The van der Waals surface area contributed by atoms with Gasteiger partial charge in [-0.2, -0.15) is 0 Å². The van der Waals surface area contributed by atoms with Crippen LogP contribution in [-0.2, 0) is 17.8 Å². The van der Waals surface area contributed by atoms with Gasteiger partial charge in [0.25, 0.3) is 5.56 Å². The van der Waals surface area contributed by atoms with Crippen molar-refractivity contribution < 1.29 is 9.18 Å². The van der Waals surface area contributed by atoms with Crippen molar-refractivity contribution in [3.8, 4) is 0 Å². The third-order valence-electron chi connectivity index (χ3n) is 7.98. The number of carbonyl (C=O) groups excluding carboxylic acids is 1. The minimum Gasteiger partial charge on any atom is -0.374 e. The topological polar surface area (TPSA) is 84.6 Å². The Morgan fingerprint density at radius 3 is 2.71 bits per heavy atom. The van der Waals surface area contributed by atoms with Crippen LogP contribution in [0.25, 0.3) is 10.9 Å². The van der Waals surface area contributed by atoms with Crippen LogP contribution in [0.15, 0.2) is 29.1 Å². The molecular formula is C27H29Cl2FN6O2. The minimum absolute atomic E-state index is 0.104. The van der Waals surface area contributed by atoms with Gasteiger partial charge in [0.1, 0.15) is 11.6 Å². The summed E-state index contributed by atoms with van der Waals surface area (Å²) in [6.07, 6.45) is 0.639. The summed E-state index contributed by atoms with van der Waals surface area (Å²) in [5.74, 6) is -0.239. The summed E-state index contributed by atoms with van der Waals surface area (Å²) < 4.78 is 14.9. The van der Waals surface area contributed by atoms with Crippen molar-refractivity contribution in [3.05, 3.63) is 67.4 Å². The summed E-state index contributed by atoms with van der Waals surface area (Å²) >= 11 is 12.6. The number of rotatable bonds is 5. The van der Waals surface area contributed by atoms with Crippen LogP contribution >= 0.6 is 23.2 Å². The highest BCUT2D eigenvalue weighted by atomic mass is 35.5. The van der Waals surface area contributed by atoms with Crippen molar-refractivity contribution in [3.63, 3.8) is 0 Å². The van der Waals surface area contributed by atoms with Gasteiger partial charge in [-0.1, -0.05) is 23.2 Å². The maximum atomic E-state index is 14.9. The molecular weight excluding hydrogens is 530 g/mol. The highest BCUT2D eigenvalue weighted by Crippen LogP contribution is 2.39. The predicted octanol–water partition coefficient (Wildman–Crippen LogP) is 3.67. The first kappa shape index (κ1) is 25.6. The molecule has 0 saturated carbocycles. The summed E-state index contributed by atoms with van der Waals surface area (Å²) in [6.45, 7) is 7.03. The van der Waals surface area contributed by atoms with Crippen LogP contribution in [0.3, 0.4) is 0 Å². The Morgan fingerprint density at radius 2 is 1.97 bits per heavy atom. The van der Waals surface area contributed by atoms with Gasteiger partial charge in [-0.3, -0.25) is 14.5 Å². The molecule has 2 saturated heterocycles. The van der Waals surface area contributed by atoms with Gasteiger partial charge in [0.15, 0.2) is 0 Å². The third kappa shape index (κ3) is 4.55. The van der Waals surface area contributed by atoms with E-state index in [4.69, 9.17) is 23.2 Å². The summed E-state index contributed by atoms with van der Waals surface area (Å²) in [7, 11) is 2.12.